The molecule has 2 aliphatic rings. The van der Waals surface area contributed by atoms with Crippen LogP contribution < -0.4 is 4.90 Å². The van der Waals surface area contributed by atoms with Crippen LogP contribution in [-0.4, -0.2) is 31.6 Å². The number of nitrogens with zero attached hydrogens (tertiary/aromatic N) is 1. The summed E-state index contributed by atoms with van der Waals surface area (Å²) in [6, 6.07) is 6.14. The lowest BCUT2D eigenvalue weighted by atomic mass is 10.1. The van der Waals surface area contributed by atoms with Gasteiger partial charge in [0.1, 0.15) is 6.10 Å². The van der Waals surface area contributed by atoms with Gasteiger partial charge in [0.2, 0.25) is 0 Å². The van der Waals surface area contributed by atoms with E-state index in [1.54, 1.807) is 0 Å². The van der Waals surface area contributed by atoms with Gasteiger partial charge < -0.3 is 14.4 Å². The van der Waals surface area contributed by atoms with Crippen molar-refractivity contribution in [1.29, 1.82) is 0 Å². The number of anilines is 1. The average Bonchev–Trinajstić information content (AvgIpc) is 2.94. The van der Waals surface area contributed by atoms with E-state index in [1.807, 2.05) is 12.1 Å². The minimum absolute atomic E-state index is 0.173. The van der Waals surface area contributed by atoms with E-state index in [2.05, 4.69) is 11.0 Å². The molecule has 3 nitrogen and oxygen atoms in total. The molecule has 1 saturated heterocycles. The van der Waals surface area contributed by atoms with E-state index in [1.165, 1.54) is 11.3 Å². The predicted molar refractivity (Wildman–Crippen MR) is 66.7 cm³/mol. The average molecular weight is 252 g/mol. The smallest absolute Gasteiger partial charge is 0.150 e. The number of benzene rings is 1. The number of carbonyl (C=O) groups is 1. The first-order chi connectivity index (χ1) is 8.31. The third kappa shape index (κ3) is 1.74. The molecule has 3 rings (SSSR count). The summed E-state index contributed by atoms with van der Waals surface area (Å²) in [6.07, 6.45) is 2.49. The topological polar surface area (TPSA) is 29.5 Å². The third-order valence-corrected chi connectivity index (χ3v) is 4.00. The van der Waals surface area contributed by atoms with Crippen molar-refractivity contribution in [3.8, 4) is 0 Å². The maximum atomic E-state index is 11.0. The van der Waals surface area contributed by atoms with E-state index in [0.717, 1.165) is 30.7 Å². The molecule has 1 aromatic rings. The van der Waals surface area contributed by atoms with Gasteiger partial charge in [-0.15, -0.1) is 0 Å². The fraction of sp³-hybridized carbons (Fsp3) is 0.462. The highest BCUT2D eigenvalue weighted by Crippen LogP contribution is 2.36. The van der Waals surface area contributed by atoms with E-state index >= 15 is 0 Å². The lowest BCUT2D eigenvalue weighted by Gasteiger charge is -2.28. The molecule has 90 valence electrons. The van der Waals surface area contributed by atoms with Crippen molar-refractivity contribution >= 4 is 23.6 Å². The van der Waals surface area contributed by atoms with Crippen LogP contribution in [0.1, 0.15) is 12.0 Å². The molecular formula is C13H14ClNO2. The van der Waals surface area contributed by atoms with Crippen LogP contribution in [0.25, 0.3) is 0 Å². The van der Waals surface area contributed by atoms with Crippen LogP contribution >= 0.6 is 11.6 Å². The number of halogens is 1. The molecule has 0 bridgehead atoms. The summed E-state index contributed by atoms with van der Waals surface area (Å²) in [4.78, 5) is 13.2. The standard InChI is InChI=1S/C13H14ClNO2/c14-10-2-1-3-11-9(10)4-6-15(11)12-5-7-17-13(12)8-16/h1-3,8,12-13H,4-7H2/t12-,13?/m0/s1. The van der Waals surface area contributed by atoms with E-state index in [9.17, 15) is 4.79 Å². The second-order valence-electron chi connectivity index (χ2n) is 4.51. The molecule has 17 heavy (non-hydrogen) atoms. The fourth-order valence-corrected chi connectivity index (χ4v) is 3.09. The molecule has 2 atom stereocenters. The Morgan fingerprint density at radius 2 is 2.35 bits per heavy atom. The summed E-state index contributed by atoms with van der Waals surface area (Å²) in [6.45, 7) is 1.60. The Labute approximate surface area is 105 Å². The number of carbonyl (C=O) groups excluding carboxylic acids is 1. The number of hydrogen-bond donors (Lipinski definition) is 0. The molecule has 2 aliphatic heterocycles. The Bertz CT molecular complexity index is 449. The van der Waals surface area contributed by atoms with Crippen molar-refractivity contribution in [2.75, 3.05) is 18.1 Å². The fourth-order valence-electron chi connectivity index (χ4n) is 2.82. The zero-order valence-electron chi connectivity index (χ0n) is 9.43. The Hall–Kier alpha value is -1.06. The lowest BCUT2D eigenvalue weighted by molar-refractivity contribution is -0.115. The third-order valence-electron chi connectivity index (χ3n) is 3.64. The van der Waals surface area contributed by atoms with Crippen molar-refractivity contribution in [1.82, 2.24) is 0 Å². The van der Waals surface area contributed by atoms with E-state index in [0.29, 0.717) is 6.61 Å². The van der Waals surface area contributed by atoms with Gasteiger partial charge in [-0.2, -0.15) is 0 Å². The van der Waals surface area contributed by atoms with Crippen LogP contribution in [0.2, 0.25) is 5.02 Å². The van der Waals surface area contributed by atoms with Crippen molar-refractivity contribution < 1.29 is 9.53 Å². The molecule has 4 heteroatoms. The molecule has 0 spiro atoms. The maximum absolute atomic E-state index is 11.0. The summed E-state index contributed by atoms with van der Waals surface area (Å²) in [5.74, 6) is 0. The number of ether oxygens (including phenoxy) is 1. The molecule has 1 fully saturated rings. The Balaban J connectivity index is 1.93. The number of rotatable bonds is 2. The molecule has 0 amide bonds. The van der Waals surface area contributed by atoms with Crippen LogP contribution in [0, 0.1) is 0 Å². The Morgan fingerprint density at radius 1 is 1.47 bits per heavy atom. The molecule has 1 unspecified atom stereocenters. The van der Waals surface area contributed by atoms with Crippen molar-refractivity contribution in [2.45, 2.75) is 25.0 Å². The molecule has 1 aromatic carbocycles. The number of fused-ring (bicyclic) bond motifs is 1. The summed E-state index contributed by atoms with van der Waals surface area (Å²) >= 11 is 6.18. The zero-order chi connectivity index (χ0) is 11.8. The monoisotopic (exact) mass is 251 g/mol. The Kier molecular flexibility index (Phi) is 2.81. The number of aldehydes is 1. The Morgan fingerprint density at radius 3 is 3.18 bits per heavy atom. The van der Waals surface area contributed by atoms with Gasteiger partial charge in [0, 0.05) is 23.9 Å². The van der Waals surface area contributed by atoms with Gasteiger partial charge in [0.25, 0.3) is 0 Å². The number of hydrogen-bond acceptors (Lipinski definition) is 3. The quantitative estimate of drug-likeness (QED) is 0.754. The largest absolute Gasteiger partial charge is 0.368 e. The lowest BCUT2D eigenvalue weighted by Crippen LogP contribution is -2.40. The molecular weight excluding hydrogens is 238 g/mol. The summed E-state index contributed by atoms with van der Waals surface area (Å²) in [7, 11) is 0. The molecule has 0 saturated carbocycles. The predicted octanol–water partition coefficient (Wildman–Crippen LogP) is 2.06. The van der Waals surface area contributed by atoms with Crippen LogP contribution in [0.4, 0.5) is 5.69 Å². The maximum Gasteiger partial charge on any atom is 0.150 e. The molecule has 0 aliphatic carbocycles. The van der Waals surface area contributed by atoms with Gasteiger partial charge in [0.15, 0.2) is 6.29 Å². The van der Waals surface area contributed by atoms with Crippen molar-refractivity contribution in [3.63, 3.8) is 0 Å². The molecule has 0 aromatic heterocycles. The molecule has 0 radical (unpaired) electrons. The van der Waals surface area contributed by atoms with Gasteiger partial charge in [-0.25, -0.2) is 0 Å². The molecule has 0 N–H and O–H groups in total. The van der Waals surface area contributed by atoms with Gasteiger partial charge in [0.05, 0.1) is 6.04 Å². The van der Waals surface area contributed by atoms with E-state index in [4.69, 9.17) is 16.3 Å². The summed E-state index contributed by atoms with van der Waals surface area (Å²) < 4.78 is 5.43. The first-order valence-electron chi connectivity index (χ1n) is 5.92. The second-order valence-corrected chi connectivity index (χ2v) is 4.92. The van der Waals surface area contributed by atoms with Gasteiger partial charge in [-0.1, -0.05) is 17.7 Å². The van der Waals surface area contributed by atoms with Crippen LogP contribution in [0.5, 0.6) is 0 Å². The van der Waals surface area contributed by atoms with Crippen LogP contribution in [-0.2, 0) is 16.0 Å². The van der Waals surface area contributed by atoms with Crippen LogP contribution in [0.15, 0.2) is 18.2 Å². The normalized spacial score (nSPS) is 27.2. The minimum Gasteiger partial charge on any atom is -0.368 e. The van der Waals surface area contributed by atoms with Crippen molar-refractivity contribution in [3.05, 3.63) is 28.8 Å². The summed E-state index contributed by atoms with van der Waals surface area (Å²) in [5, 5.41) is 0.826. The van der Waals surface area contributed by atoms with Gasteiger partial charge in [-0.05, 0) is 30.5 Å². The minimum atomic E-state index is -0.292. The molecule has 2 heterocycles. The van der Waals surface area contributed by atoms with E-state index < -0.39 is 0 Å². The second kappa shape index (κ2) is 4.31. The van der Waals surface area contributed by atoms with Gasteiger partial charge >= 0.3 is 0 Å². The first kappa shape index (κ1) is 11.1. The van der Waals surface area contributed by atoms with Crippen molar-refractivity contribution in [2.24, 2.45) is 0 Å². The summed E-state index contributed by atoms with van der Waals surface area (Å²) in [5.41, 5.74) is 2.37. The highest BCUT2D eigenvalue weighted by atomic mass is 35.5. The van der Waals surface area contributed by atoms with Gasteiger partial charge in [-0.3, -0.25) is 0 Å². The highest BCUT2D eigenvalue weighted by Gasteiger charge is 2.36. The highest BCUT2D eigenvalue weighted by molar-refractivity contribution is 6.31. The first-order valence-corrected chi connectivity index (χ1v) is 6.30. The van der Waals surface area contributed by atoms with Crippen LogP contribution in [0.3, 0.4) is 0 Å². The van der Waals surface area contributed by atoms with E-state index in [-0.39, 0.29) is 12.1 Å². The zero-order valence-corrected chi connectivity index (χ0v) is 10.2. The SMILES string of the molecule is O=CC1OCC[C@@H]1N1CCc2c(Cl)cccc21.